The number of aromatic nitrogens is 2. The first-order valence-electron chi connectivity index (χ1n) is 7.41. The number of rotatable bonds is 4. The molecule has 3 nitrogen and oxygen atoms in total. The number of anilines is 1. The van der Waals surface area contributed by atoms with Crippen molar-refractivity contribution in [2.45, 2.75) is 12.2 Å². The quantitative estimate of drug-likeness (QED) is 0.687. The molecule has 1 N–H and O–H groups in total. The Labute approximate surface area is 141 Å². The van der Waals surface area contributed by atoms with Crippen molar-refractivity contribution in [1.82, 2.24) is 9.97 Å². The Bertz CT molecular complexity index is 850. The van der Waals surface area contributed by atoms with Crippen LogP contribution in [0.2, 0.25) is 0 Å². The van der Waals surface area contributed by atoms with Crippen LogP contribution in [-0.4, -0.2) is 9.97 Å². The SMILES string of the molecule is Fc1cccc(C(Nc2cccc(C(F)(F)F)n2)c2ccccn2)c1. The monoisotopic (exact) mass is 347 g/mol. The maximum Gasteiger partial charge on any atom is 0.433 e. The molecule has 2 heterocycles. The van der Waals surface area contributed by atoms with Gasteiger partial charge in [0.2, 0.25) is 0 Å². The van der Waals surface area contributed by atoms with E-state index in [0.29, 0.717) is 11.3 Å². The predicted octanol–water partition coefficient (Wildman–Crippen LogP) is 4.84. The minimum absolute atomic E-state index is 0.0229. The lowest BCUT2D eigenvalue weighted by atomic mass is 10.0. The Kier molecular flexibility index (Phi) is 4.65. The average Bonchev–Trinajstić information content (AvgIpc) is 2.60. The van der Waals surface area contributed by atoms with Crippen LogP contribution in [0.1, 0.15) is 23.0 Å². The molecule has 0 aliphatic carbocycles. The van der Waals surface area contributed by atoms with Gasteiger partial charge in [-0.05, 0) is 42.0 Å². The van der Waals surface area contributed by atoms with Gasteiger partial charge in [0.15, 0.2) is 0 Å². The molecule has 1 aromatic carbocycles. The lowest BCUT2D eigenvalue weighted by molar-refractivity contribution is -0.141. The number of halogens is 4. The number of pyridine rings is 2. The van der Waals surface area contributed by atoms with Gasteiger partial charge in [-0.15, -0.1) is 0 Å². The van der Waals surface area contributed by atoms with E-state index >= 15 is 0 Å². The zero-order chi connectivity index (χ0) is 17.9. The number of alkyl halides is 3. The van der Waals surface area contributed by atoms with Crippen LogP contribution in [0.3, 0.4) is 0 Å². The van der Waals surface area contributed by atoms with Crippen LogP contribution in [0.4, 0.5) is 23.4 Å². The van der Waals surface area contributed by atoms with E-state index in [0.717, 1.165) is 6.07 Å². The molecule has 0 spiro atoms. The molecule has 0 radical (unpaired) electrons. The highest BCUT2D eigenvalue weighted by Gasteiger charge is 2.32. The van der Waals surface area contributed by atoms with Gasteiger partial charge in [-0.25, -0.2) is 9.37 Å². The molecule has 0 bridgehead atoms. The number of benzene rings is 1. The van der Waals surface area contributed by atoms with Crippen LogP contribution in [0, 0.1) is 5.82 Å². The maximum atomic E-state index is 13.6. The first kappa shape index (κ1) is 16.9. The van der Waals surface area contributed by atoms with Crippen molar-refractivity contribution >= 4 is 5.82 Å². The van der Waals surface area contributed by atoms with Crippen LogP contribution in [-0.2, 0) is 6.18 Å². The Morgan fingerprint density at radius 2 is 1.72 bits per heavy atom. The van der Waals surface area contributed by atoms with E-state index in [2.05, 4.69) is 15.3 Å². The molecule has 0 saturated carbocycles. The lowest BCUT2D eigenvalue weighted by Crippen LogP contribution is -2.16. The molecule has 2 aromatic heterocycles. The van der Waals surface area contributed by atoms with Crippen molar-refractivity contribution in [3.8, 4) is 0 Å². The van der Waals surface area contributed by atoms with Gasteiger partial charge in [-0.3, -0.25) is 4.98 Å². The third-order valence-corrected chi connectivity index (χ3v) is 3.50. The highest BCUT2D eigenvalue weighted by Crippen LogP contribution is 2.30. The van der Waals surface area contributed by atoms with Crippen molar-refractivity contribution in [1.29, 1.82) is 0 Å². The third-order valence-electron chi connectivity index (χ3n) is 3.50. The fourth-order valence-corrected chi connectivity index (χ4v) is 2.38. The summed E-state index contributed by atoms with van der Waals surface area (Å²) in [6, 6.07) is 13.9. The molecule has 0 aliphatic heterocycles. The van der Waals surface area contributed by atoms with Crippen molar-refractivity contribution in [2.24, 2.45) is 0 Å². The largest absolute Gasteiger partial charge is 0.433 e. The molecule has 0 fully saturated rings. The third kappa shape index (κ3) is 4.12. The summed E-state index contributed by atoms with van der Waals surface area (Å²) < 4.78 is 52.1. The smallest absolute Gasteiger partial charge is 0.358 e. The summed E-state index contributed by atoms with van der Waals surface area (Å²) in [5, 5.41) is 2.91. The van der Waals surface area contributed by atoms with Gasteiger partial charge in [0.1, 0.15) is 17.3 Å². The second-order valence-electron chi connectivity index (χ2n) is 5.29. The van der Waals surface area contributed by atoms with E-state index < -0.39 is 23.7 Å². The first-order chi connectivity index (χ1) is 11.9. The molecule has 128 valence electrons. The summed E-state index contributed by atoms with van der Waals surface area (Å²) in [7, 11) is 0. The Morgan fingerprint density at radius 3 is 2.40 bits per heavy atom. The second-order valence-corrected chi connectivity index (χ2v) is 5.29. The summed E-state index contributed by atoms with van der Waals surface area (Å²) in [5.41, 5.74) is 0.0572. The van der Waals surface area contributed by atoms with Gasteiger partial charge >= 0.3 is 6.18 Å². The molecule has 25 heavy (non-hydrogen) atoms. The predicted molar refractivity (Wildman–Crippen MR) is 85.3 cm³/mol. The zero-order valence-corrected chi connectivity index (χ0v) is 12.8. The topological polar surface area (TPSA) is 37.8 Å². The number of hydrogen-bond acceptors (Lipinski definition) is 3. The van der Waals surface area contributed by atoms with Gasteiger partial charge in [0.05, 0.1) is 11.7 Å². The molecule has 0 amide bonds. The van der Waals surface area contributed by atoms with Crippen LogP contribution >= 0.6 is 0 Å². The van der Waals surface area contributed by atoms with Gasteiger partial charge < -0.3 is 5.32 Å². The molecule has 0 aliphatic rings. The Balaban J connectivity index is 1.99. The molecule has 1 unspecified atom stereocenters. The first-order valence-corrected chi connectivity index (χ1v) is 7.41. The highest BCUT2D eigenvalue weighted by molar-refractivity contribution is 5.43. The zero-order valence-electron chi connectivity index (χ0n) is 12.8. The average molecular weight is 347 g/mol. The van der Waals surface area contributed by atoms with Crippen LogP contribution in [0.25, 0.3) is 0 Å². The molecule has 1 atom stereocenters. The van der Waals surface area contributed by atoms with Gasteiger partial charge in [-0.2, -0.15) is 13.2 Å². The second kappa shape index (κ2) is 6.88. The normalized spacial score (nSPS) is 12.6. The summed E-state index contributed by atoms with van der Waals surface area (Å²) in [6.07, 6.45) is -2.99. The van der Waals surface area contributed by atoms with Gasteiger partial charge in [0, 0.05) is 6.20 Å². The van der Waals surface area contributed by atoms with E-state index in [-0.39, 0.29) is 5.82 Å². The van der Waals surface area contributed by atoms with Crippen LogP contribution in [0.5, 0.6) is 0 Å². The van der Waals surface area contributed by atoms with Crippen molar-refractivity contribution in [2.75, 3.05) is 5.32 Å². The van der Waals surface area contributed by atoms with E-state index in [4.69, 9.17) is 0 Å². The van der Waals surface area contributed by atoms with Crippen molar-refractivity contribution < 1.29 is 17.6 Å². The summed E-state index contributed by atoms with van der Waals surface area (Å²) in [6.45, 7) is 0. The van der Waals surface area contributed by atoms with E-state index in [1.165, 1.54) is 30.3 Å². The highest BCUT2D eigenvalue weighted by atomic mass is 19.4. The number of hydrogen-bond donors (Lipinski definition) is 1. The van der Waals surface area contributed by atoms with Crippen molar-refractivity contribution in [3.63, 3.8) is 0 Å². The molecule has 7 heteroatoms. The summed E-state index contributed by atoms with van der Waals surface area (Å²) >= 11 is 0. The van der Waals surface area contributed by atoms with Crippen LogP contribution < -0.4 is 5.32 Å². The molecule has 3 aromatic rings. The number of nitrogens with zero attached hydrogens (tertiary/aromatic N) is 2. The Hall–Kier alpha value is -2.96. The molecule has 0 saturated heterocycles. The van der Waals surface area contributed by atoms with E-state index in [1.54, 1.807) is 30.5 Å². The standard InChI is InChI=1S/C18H13F4N3/c19-13-6-3-5-12(11-13)17(14-7-1-2-10-23-14)25-16-9-4-8-15(24-16)18(20,21)22/h1-11,17H,(H,24,25). The Morgan fingerprint density at radius 1 is 0.920 bits per heavy atom. The summed E-state index contributed by atoms with van der Waals surface area (Å²) in [5.74, 6) is -0.424. The number of nitrogens with one attached hydrogen (secondary N) is 1. The van der Waals surface area contributed by atoms with Crippen LogP contribution in [0.15, 0.2) is 66.9 Å². The fraction of sp³-hybridized carbons (Fsp3) is 0.111. The van der Waals surface area contributed by atoms with Crippen molar-refractivity contribution in [3.05, 3.63) is 89.6 Å². The van der Waals surface area contributed by atoms with E-state index in [9.17, 15) is 17.6 Å². The summed E-state index contributed by atoms with van der Waals surface area (Å²) in [4.78, 5) is 7.82. The van der Waals surface area contributed by atoms with Gasteiger partial charge in [0.25, 0.3) is 0 Å². The molecule has 3 rings (SSSR count). The lowest BCUT2D eigenvalue weighted by Gasteiger charge is -2.20. The fourth-order valence-electron chi connectivity index (χ4n) is 2.38. The van der Waals surface area contributed by atoms with E-state index in [1.807, 2.05) is 0 Å². The molecular formula is C18H13F4N3. The molecular weight excluding hydrogens is 334 g/mol. The maximum absolute atomic E-state index is 13.6. The van der Waals surface area contributed by atoms with Gasteiger partial charge in [-0.1, -0.05) is 24.3 Å². The minimum atomic E-state index is -4.54. The minimum Gasteiger partial charge on any atom is -0.358 e.